The number of hydrazine groups is 1. The van der Waals surface area contributed by atoms with Crippen LogP contribution in [0.25, 0.3) is 0 Å². The highest BCUT2D eigenvalue weighted by Gasteiger charge is 2.02. The summed E-state index contributed by atoms with van der Waals surface area (Å²) in [5.74, 6) is -0.0595. The third kappa shape index (κ3) is 8.95. The molecule has 0 amide bonds. The molecule has 8 nitrogen and oxygen atoms in total. The van der Waals surface area contributed by atoms with Gasteiger partial charge in [0, 0.05) is 31.0 Å². The number of benzene rings is 1. The fourth-order valence-corrected chi connectivity index (χ4v) is 1.79. The lowest BCUT2D eigenvalue weighted by atomic mass is 10.1. The number of aliphatic imine (C=N–C) groups is 1. The summed E-state index contributed by atoms with van der Waals surface area (Å²) in [6, 6.07) is 10.2. The summed E-state index contributed by atoms with van der Waals surface area (Å²) in [5, 5.41) is 20.0. The second-order valence-corrected chi connectivity index (χ2v) is 4.69. The van der Waals surface area contributed by atoms with Crippen molar-refractivity contribution in [3.8, 4) is 0 Å². The Morgan fingerprint density at radius 2 is 2.00 bits per heavy atom. The van der Waals surface area contributed by atoms with E-state index >= 15 is 0 Å². The molecule has 8 heteroatoms. The van der Waals surface area contributed by atoms with Crippen LogP contribution in [0.2, 0.25) is 0 Å². The van der Waals surface area contributed by atoms with Gasteiger partial charge in [-0.25, -0.2) is 5.43 Å². The minimum absolute atomic E-state index is 0.0466. The highest BCUT2D eigenvalue weighted by Crippen LogP contribution is 1.98. The summed E-state index contributed by atoms with van der Waals surface area (Å²) in [6.07, 6.45) is 1.58. The molecule has 1 aromatic rings. The molecule has 118 valence electrons. The maximum atomic E-state index is 8.45. The van der Waals surface area contributed by atoms with Gasteiger partial charge < -0.3 is 16.8 Å². The Morgan fingerprint density at radius 3 is 2.67 bits per heavy atom. The molecule has 0 aromatic heterocycles. The molecule has 1 rings (SSSR count). The van der Waals surface area contributed by atoms with Gasteiger partial charge in [0.1, 0.15) is 0 Å². The zero-order valence-electron chi connectivity index (χ0n) is 11.9. The number of guanidine groups is 1. The van der Waals surface area contributed by atoms with E-state index < -0.39 is 0 Å². The normalized spacial score (nSPS) is 13.4. The van der Waals surface area contributed by atoms with Crippen LogP contribution in [0.5, 0.6) is 0 Å². The van der Waals surface area contributed by atoms with Crippen molar-refractivity contribution in [1.29, 1.82) is 0 Å². The van der Waals surface area contributed by atoms with Crippen molar-refractivity contribution < 1.29 is 10.4 Å². The Bertz CT molecular complexity index is 412. The van der Waals surface area contributed by atoms with Crippen molar-refractivity contribution in [3.05, 3.63) is 35.9 Å². The fraction of sp³-hybridized carbons (Fsp3) is 0.462. The molecule has 0 aliphatic carbocycles. The lowest BCUT2D eigenvalue weighted by Crippen LogP contribution is -2.42. The molecule has 0 spiro atoms. The summed E-state index contributed by atoms with van der Waals surface area (Å²) in [4.78, 5) is 3.91. The minimum atomic E-state index is -0.238. The molecule has 21 heavy (non-hydrogen) atoms. The van der Waals surface area contributed by atoms with Crippen molar-refractivity contribution in [1.82, 2.24) is 16.1 Å². The van der Waals surface area contributed by atoms with Crippen LogP contribution in [0.15, 0.2) is 35.3 Å². The number of rotatable bonds is 9. The van der Waals surface area contributed by atoms with Gasteiger partial charge in [0.2, 0.25) is 5.96 Å². The van der Waals surface area contributed by atoms with Crippen LogP contribution in [-0.4, -0.2) is 40.8 Å². The van der Waals surface area contributed by atoms with Crippen LogP contribution < -0.4 is 22.2 Å². The van der Waals surface area contributed by atoms with Crippen LogP contribution >= 0.6 is 0 Å². The first-order chi connectivity index (χ1) is 10.1. The lowest BCUT2D eigenvalue weighted by Gasteiger charge is -2.12. The van der Waals surface area contributed by atoms with Crippen molar-refractivity contribution in [2.75, 3.05) is 13.1 Å². The fourth-order valence-electron chi connectivity index (χ4n) is 1.79. The van der Waals surface area contributed by atoms with Gasteiger partial charge in [-0.05, 0) is 18.4 Å². The molecular weight excluding hydrogens is 272 g/mol. The van der Waals surface area contributed by atoms with E-state index in [-0.39, 0.29) is 17.3 Å². The minimum Gasteiger partial charge on any atom is -0.369 e. The van der Waals surface area contributed by atoms with Gasteiger partial charge in [-0.15, -0.1) is 0 Å². The molecular formula is C13H24N6O2. The average molecular weight is 296 g/mol. The molecule has 0 aliphatic heterocycles. The van der Waals surface area contributed by atoms with Crippen molar-refractivity contribution in [2.45, 2.75) is 25.4 Å². The second-order valence-electron chi connectivity index (χ2n) is 4.69. The molecule has 0 unspecified atom stereocenters. The van der Waals surface area contributed by atoms with Crippen LogP contribution in [-0.2, 0) is 6.54 Å². The number of nitrogens with one attached hydrogen (secondary N) is 2. The van der Waals surface area contributed by atoms with E-state index in [0.717, 1.165) is 25.9 Å². The standard InChI is InChI=1S/C13H24N6O2/c14-12(7-4-8-17-13(15)18-19(20)21)10-16-9-11-5-2-1-3-6-11/h1-3,5-6,12,16,20-21H,4,7-10,14H2,(H3,15,17,18)/t12-/m0/s1. The Balaban J connectivity index is 2.07. The quantitative estimate of drug-likeness (QED) is 0.161. The Labute approximate surface area is 124 Å². The van der Waals surface area contributed by atoms with Crippen molar-refractivity contribution in [2.24, 2.45) is 16.5 Å². The van der Waals surface area contributed by atoms with E-state index in [9.17, 15) is 0 Å². The first-order valence-electron chi connectivity index (χ1n) is 6.82. The predicted molar refractivity (Wildman–Crippen MR) is 80.4 cm³/mol. The molecule has 0 radical (unpaired) electrons. The van der Waals surface area contributed by atoms with Crippen molar-refractivity contribution in [3.63, 3.8) is 0 Å². The second kappa shape index (κ2) is 10.1. The third-order valence-corrected chi connectivity index (χ3v) is 2.81. The smallest absolute Gasteiger partial charge is 0.207 e. The van der Waals surface area contributed by atoms with Gasteiger partial charge in [0.05, 0.1) is 0 Å². The van der Waals surface area contributed by atoms with E-state index in [1.54, 1.807) is 0 Å². The first-order valence-corrected chi connectivity index (χ1v) is 6.82. The van der Waals surface area contributed by atoms with Crippen LogP contribution in [0, 0.1) is 0 Å². The maximum Gasteiger partial charge on any atom is 0.207 e. The monoisotopic (exact) mass is 296 g/mol. The highest BCUT2D eigenvalue weighted by atomic mass is 16.8. The zero-order chi connectivity index (χ0) is 15.5. The summed E-state index contributed by atoms with van der Waals surface area (Å²) in [7, 11) is 0. The van der Waals surface area contributed by atoms with Gasteiger partial charge >= 0.3 is 0 Å². The number of hydrogen-bond acceptors (Lipinski definition) is 6. The van der Waals surface area contributed by atoms with Crippen molar-refractivity contribution >= 4 is 5.96 Å². The van der Waals surface area contributed by atoms with Gasteiger partial charge in [-0.1, -0.05) is 30.3 Å². The van der Waals surface area contributed by atoms with Gasteiger partial charge in [-0.3, -0.25) is 15.4 Å². The van der Waals surface area contributed by atoms with Gasteiger partial charge in [0.15, 0.2) is 0 Å². The van der Waals surface area contributed by atoms with E-state index in [1.807, 2.05) is 23.6 Å². The van der Waals surface area contributed by atoms with Crippen LogP contribution in [0.3, 0.4) is 0 Å². The number of nitrogens with zero attached hydrogens (tertiary/aromatic N) is 2. The maximum absolute atomic E-state index is 8.45. The molecule has 0 saturated heterocycles. The molecule has 8 N–H and O–H groups in total. The van der Waals surface area contributed by atoms with Crippen LogP contribution in [0.1, 0.15) is 18.4 Å². The first kappa shape index (κ1) is 17.3. The predicted octanol–water partition coefficient (Wildman–Crippen LogP) is -0.217. The van der Waals surface area contributed by atoms with E-state index in [1.165, 1.54) is 5.56 Å². The van der Waals surface area contributed by atoms with E-state index in [4.69, 9.17) is 21.9 Å². The highest BCUT2D eigenvalue weighted by molar-refractivity contribution is 5.76. The summed E-state index contributed by atoms with van der Waals surface area (Å²) < 4.78 is 0. The molecule has 0 bridgehead atoms. The van der Waals surface area contributed by atoms with Crippen LogP contribution in [0.4, 0.5) is 0 Å². The Morgan fingerprint density at radius 1 is 1.29 bits per heavy atom. The number of nitrogens with two attached hydrogens (primary N) is 2. The average Bonchev–Trinajstić information content (AvgIpc) is 2.44. The molecule has 0 fully saturated rings. The molecule has 0 heterocycles. The third-order valence-electron chi connectivity index (χ3n) is 2.81. The van der Waals surface area contributed by atoms with E-state index in [0.29, 0.717) is 6.54 Å². The summed E-state index contributed by atoms with van der Waals surface area (Å²) >= 11 is 0. The Kier molecular flexibility index (Phi) is 8.32. The summed E-state index contributed by atoms with van der Waals surface area (Å²) in [5.41, 5.74) is 14.6. The zero-order valence-corrected chi connectivity index (χ0v) is 11.9. The number of hydrogen-bond donors (Lipinski definition) is 6. The molecule has 0 aliphatic rings. The molecule has 1 atom stereocenters. The summed E-state index contributed by atoms with van der Waals surface area (Å²) in [6.45, 7) is 2.00. The largest absolute Gasteiger partial charge is 0.369 e. The van der Waals surface area contributed by atoms with E-state index in [2.05, 4.69) is 22.4 Å². The van der Waals surface area contributed by atoms with Gasteiger partial charge in [0.25, 0.3) is 0 Å². The molecule has 1 aromatic carbocycles. The lowest BCUT2D eigenvalue weighted by molar-refractivity contribution is -0.329. The molecule has 0 saturated carbocycles. The Hall–Kier alpha value is -1.71. The topological polar surface area (TPSA) is 132 Å². The van der Waals surface area contributed by atoms with Gasteiger partial charge in [-0.2, -0.15) is 0 Å². The SMILES string of the molecule is NC(=NCCC[C@H](N)CNCc1ccccc1)NN(O)O.